The van der Waals surface area contributed by atoms with Crippen LogP contribution >= 0.6 is 0 Å². The van der Waals surface area contributed by atoms with Crippen molar-refractivity contribution >= 4 is 5.91 Å². The first kappa shape index (κ1) is 91.2. The number of hydrogen-bond acceptors (Lipinski definition) is 8. The molecule has 9 heteroatoms. The van der Waals surface area contributed by atoms with Gasteiger partial charge < -0.3 is 40.3 Å². The van der Waals surface area contributed by atoms with E-state index in [0.717, 1.165) is 64.2 Å². The second-order valence-electron chi connectivity index (χ2n) is 29.6. The molecule has 7 unspecified atom stereocenters. The molecule has 95 heavy (non-hydrogen) atoms. The Bertz CT molecular complexity index is 1650. The van der Waals surface area contributed by atoms with Crippen molar-refractivity contribution in [1.29, 1.82) is 0 Å². The van der Waals surface area contributed by atoms with Crippen molar-refractivity contribution in [2.45, 2.75) is 480 Å². The molecule has 0 radical (unpaired) electrons. The van der Waals surface area contributed by atoms with Crippen molar-refractivity contribution in [3.8, 4) is 0 Å². The summed E-state index contributed by atoms with van der Waals surface area (Å²) in [5.74, 6) is -0.133. The maximum Gasteiger partial charge on any atom is 0.220 e. The lowest BCUT2D eigenvalue weighted by molar-refractivity contribution is -0.302. The zero-order valence-electron chi connectivity index (χ0n) is 63.2. The van der Waals surface area contributed by atoms with Crippen LogP contribution in [0.1, 0.15) is 438 Å². The highest BCUT2D eigenvalue weighted by Crippen LogP contribution is 2.25. The molecule has 1 rings (SSSR count). The van der Waals surface area contributed by atoms with Crippen LogP contribution in [0.4, 0.5) is 0 Å². The van der Waals surface area contributed by atoms with Crippen LogP contribution in [-0.2, 0) is 14.3 Å². The quantitative estimate of drug-likeness (QED) is 0.0261. The topological polar surface area (TPSA) is 149 Å². The summed E-state index contributed by atoms with van der Waals surface area (Å²) in [5, 5.41) is 55.2. The van der Waals surface area contributed by atoms with E-state index < -0.39 is 49.5 Å². The second kappa shape index (κ2) is 74.8. The van der Waals surface area contributed by atoms with Crippen molar-refractivity contribution in [3.05, 3.63) is 48.6 Å². The third-order valence-electron chi connectivity index (χ3n) is 20.4. The number of allylic oxidation sites excluding steroid dienone is 8. The van der Waals surface area contributed by atoms with Crippen molar-refractivity contribution in [1.82, 2.24) is 5.32 Å². The number of carbonyl (C=O) groups excluding carboxylic acids is 1. The fourth-order valence-corrected chi connectivity index (χ4v) is 13.9. The first-order valence-electron chi connectivity index (χ1n) is 42.3. The molecule has 1 saturated heterocycles. The second-order valence-corrected chi connectivity index (χ2v) is 29.6. The van der Waals surface area contributed by atoms with Crippen molar-refractivity contribution in [2.24, 2.45) is 0 Å². The minimum atomic E-state index is -1.55. The van der Waals surface area contributed by atoms with E-state index in [4.69, 9.17) is 9.47 Å². The molecule has 0 aromatic heterocycles. The number of ether oxygens (including phenoxy) is 2. The molecule has 1 aliphatic rings. The normalized spacial score (nSPS) is 17.7. The van der Waals surface area contributed by atoms with Gasteiger partial charge in [-0.2, -0.15) is 0 Å². The van der Waals surface area contributed by atoms with Gasteiger partial charge in [-0.1, -0.05) is 428 Å². The Balaban J connectivity index is 2.01. The molecule has 0 spiro atoms. The molecule has 1 heterocycles. The summed E-state index contributed by atoms with van der Waals surface area (Å²) in [6, 6.07) is -0.719. The number of unbranched alkanes of at least 4 members (excludes halogenated alkanes) is 58. The van der Waals surface area contributed by atoms with E-state index >= 15 is 0 Å². The van der Waals surface area contributed by atoms with Gasteiger partial charge in [0.05, 0.1) is 25.4 Å². The molecule has 0 aromatic rings. The highest BCUT2D eigenvalue weighted by molar-refractivity contribution is 5.76. The average Bonchev–Trinajstić information content (AvgIpc) is 0.836. The fraction of sp³-hybridized carbons (Fsp3) is 0.895. The highest BCUT2D eigenvalue weighted by Gasteiger charge is 2.44. The van der Waals surface area contributed by atoms with Crippen LogP contribution in [0.2, 0.25) is 0 Å². The van der Waals surface area contributed by atoms with Crippen LogP contribution in [0.15, 0.2) is 48.6 Å². The van der Waals surface area contributed by atoms with E-state index in [-0.39, 0.29) is 12.5 Å². The Morgan fingerprint density at radius 2 is 0.653 bits per heavy atom. The SMILES string of the molecule is CC/C=C\C/C=C\C/C=C\C/C=C\CCCCCCCCCCCCCCCCCCCCCCCCCCCCCCC(=O)NC(COC1OC(CO)C(O)C(O)C1O)C(O)CCCCCCCCCCCCCCCCCCCCCCCCCCCCCCCCC. The average molecular weight is 1340 g/mol. The summed E-state index contributed by atoms with van der Waals surface area (Å²) < 4.78 is 11.4. The summed E-state index contributed by atoms with van der Waals surface area (Å²) in [5.41, 5.74) is 0. The molecule has 0 aromatic carbocycles. The van der Waals surface area contributed by atoms with E-state index in [1.807, 2.05) is 0 Å². The van der Waals surface area contributed by atoms with Crippen molar-refractivity contribution in [3.63, 3.8) is 0 Å². The van der Waals surface area contributed by atoms with E-state index in [2.05, 4.69) is 67.8 Å². The largest absolute Gasteiger partial charge is 0.394 e. The fourth-order valence-electron chi connectivity index (χ4n) is 13.9. The highest BCUT2D eigenvalue weighted by atomic mass is 16.7. The summed E-state index contributed by atoms with van der Waals surface area (Å²) in [6.07, 6.45) is 96.8. The molecule has 0 saturated carbocycles. The van der Waals surface area contributed by atoms with Gasteiger partial charge in [0, 0.05) is 6.42 Å². The minimum Gasteiger partial charge on any atom is -0.394 e. The monoisotopic (exact) mass is 1340 g/mol. The van der Waals surface area contributed by atoms with Crippen LogP contribution in [0.25, 0.3) is 0 Å². The Morgan fingerprint density at radius 1 is 0.368 bits per heavy atom. The number of rotatable bonds is 76. The maximum absolute atomic E-state index is 13.2. The van der Waals surface area contributed by atoms with E-state index in [0.29, 0.717) is 12.8 Å². The molecular weight excluding hydrogens is 1170 g/mol. The van der Waals surface area contributed by atoms with Gasteiger partial charge in [-0.05, 0) is 51.4 Å². The van der Waals surface area contributed by atoms with Gasteiger partial charge in [0.15, 0.2) is 6.29 Å². The van der Waals surface area contributed by atoms with Gasteiger partial charge in [0.25, 0.3) is 0 Å². The number of amides is 1. The maximum atomic E-state index is 13.2. The molecule has 1 amide bonds. The summed E-state index contributed by atoms with van der Waals surface area (Å²) in [6.45, 7) is 3.79. The Kier molecular flexibility index (Phi) is 71.8. The van der Waals surface area contributed by atoms with E-state index in [9.17, 15) is 30.3 Å². The first-order chi connectivity index (χ1) is 46.8. The van der Waals surface area contributed by atoms with Crippen LogP contribution in [-0.4, -0.2) is 87.5 Å². The van der Waals surface area contributed by atoms with Gasteiger partial charge in [-0.3, -0.25) is 4.79 Å². The van der Waals surface area contributed by atoms with Gasteiger partial charge in [-0.25, -0.2) is 0 Å². The molecule has 1 fully saturated rings. The predicted molar refractivity (Wildman–Crippen MR) is 410 cm³/mol. The summed E-state index contributed by atoms with van der Waals surface area (Å²) >= 11 is 0. The third-order valence-corrected chi connectivity index (χ3v) is 20.4. The van der Waals surface area contributed by atoms with Gasteiger partial charge >= 0.3 is 0 Å². The lowest BCUT2D eigenvalue weighted by atomic mass is 9.99. The van der Waals surface area contributed by atoms with Crippen LogP contribution in [0.5, 0.6) is 0 Å². The first-order valence-corrected chi connectivity index (χ1v) is 42.3. The lowest BCUT2D eigenvalue weighted by Crippen LogP contribution is -2.60. The van der Waals surface area contributed by atoms with E-state index in [1.54, 1.807) is 0 Å². The number of aliphatic hydroxyl groups excluding tert-OH is 5. The molecule has 560 valence electrons. The molecule has 9 nitrogen and oxygen atoms in total. The molecule has 6 N–H and O–H groups in total. The molecule has 7 atom stereocenters. The summed E-state index contributed by atoms with van der Waals surface area (Å²) in [4.78, 5) is 13.2. The number of hydrogen-bond donors (Lipinski definition) is 6. The molecular formula is C86H163NO8. The Labute approximate surface area is 590 Å². The standard InChI is InChI=1S/C86H163NO8/c1-3-5-7-9-11-13-15-17-19-21-23-25-27-29-31-33-35-36-37-38-39-40-41-42-43-44-46-48-50-52-54-56-58-60-62-64-66-68-70-72-74-76-82(90)87-79(78-94-86-85(93)84(92)83(91)81(77-88)95-86)80(89)75-73-71-69-67-65-63-61-59-57-55-53-51-49-47-45-34-32-30-28-26-24-22-20-18-16-14-12-10-8-6-4-2/h5,7,11,13,17,19,23,25,79-81,83-86,88-89,91-93H,3-4,6,8-10,12,14-16,18,20-22,24,26-78H2,1-2H3,(H,87,90)/b7-5-,13-11-,19-17-,25-23-. The Hall–Kier alpha value is -1.85. The van der Waals surface area contributed by atoms with Crippen LogP contribution in [0.3, 0.4) is 0 Å². The third kappa shape index (κ3) is 62.9. The number of carbonyl (C=O) groups is 1. The van der Waals surface area contributed by atoms with Crippen molar-refractivity contribution < 1.29 is 39.8 Å². The van der Waals surface area contributed by atoms with Gasteiger partial charge in [-0.15, -0.1) is 0 Å². The van der Waals surface area contributed by atoms with E-state index in [1.165, 1.54) is 347 Å². The Morgan fingerprint density at radius 3 is 0.968 bits per heavy atom. The van der Waals surface area contributed by atoms with Crippen molar-refractivity contribution in [2.75, 3.05) is 13.2 Å². The van der Waals surface area contributed by atoms with Crippen LogP contribution in [0, 0.1) is 0 Å². The summed E-state index contributed by atoms with van der Waals surface area (Å²) in [7, 11) is 0. The lowest BCUT2D eigenvalue weighted by Gasteiger charge is -2.40. The zero-order chi connectivity index (χ0) is 68.5. The van der Waals surface area contributed by atoms with Crippen LogP contribution < -0.4 is 5.32 Å². The molecule has 1 aliphatic heterocycles. The van der Waals surface area contributed by atoms with Gasteiger partial charge in [0.2, 0.25) is 5.91 Å². The number of aliphatic hydroxyl groups is 5. The predicted octanol–water partition coefficient (Wildman–Crippen LogP) is 24.7. The minimum absolute atomic E-state index is 0.133. The molecule has 0 bridgehead atoms. The van der Waals surface area contributed by atoms with Gasteiger partial charge in [0.1, 0.15) is 24.4 Å². The number of nitrogens with one attached hydrogen (secondary N) is 1. The smallest absolute Gasteiger partial charge is 0.220 e. The zero-order valence-corrected chi connectivity index (χ0v) is 63.2. The molecule has 0 aliphatic carbocycles.